The molecule has 0 spiro atoms. The summed E-state index contributed by atoms with van der Waals surface area (Å²) in [6, 6.07) is 8.80. The van der Waals surface area contributed by atoms with Crippen molar-refractivity contribution in [3.63, 3.8) is 0 Å². The number of unbranched alkanes of at least 4 members (excludes halogenated alkanes) is 26. The third-order valence-electron chi connectivity index (χ3n) is 12.1. The van der Waals surface area contributed by atoms with Gasteiger partial charge in [0.25, 0.3) is 0 Å². The number of fused-ring (bicyclic) bond motifs is 3. The molecular weight excluding hydrogens is 882 g/mol. The van der Waals surface area contributed by atoms with Gasteiger partial charge in [0.15, 0.2) is 0 Å². The molecule has 0 saturated carbocycles. The summed E-state index contributed by atoms with van der Waals surface area (Å²) in [5.74, 6) is 0. The van der Waals surface area contributed by atoms with Gasteiger partial charge in [-0.25, -0.2) is 0 Å². The molecule has 1 aliphatic heterocycles. The zero-order chi connectivity index (χ0) is 37.0. The zero-order valence-corrected chi connectivity index (χ0v) is 44.0. The molecule has 3 heterocycles. The molecule has 0 saturated heterocycles. The molecule has 0 N–H and O–H groups in total. The molecule has 0 radical (unpaired) electrons. The first-order chi connectivity index (χ1) is 24.5. The van der Waals surface area contributed by atoms with E-state index < -0.39 is 44.8 Å². The second kappa shape index (κ2) is 25.5. The number of thiophene rings is 2. The van der Waals surface area contributed by atoms with Crippen molar-refractivity contribution in [1.29, 1.82) is 0 Å². The van der Waals surface area contributed by atoms with Gasteiger partial charge in [0.2, 0.25) is 0 Å². The third kappa shape index (κ3) is 16.3. The van der Waals surface area contributed by atoms with E-state index in [-0.39, 0.29) is 0 Å². The molecule has 5 heteroatoms. The number of hydrogen-bond donors (Lipinski definition) is 0. The van der Waals surface area contributed by atoms with E-state index in [1.54, 1.807) is 9.75 Å². The first-order valence-electron chi connectivity index (χ1n) is 22.8. The molecule has 0 amide bonds. The second-order valence-corrected chi connectivity index (χ2v) is 56.2. The van der Waals surface area contributed by atoms with Gasteiger partial charge in [0.1, 0.15) is 0 Å². The summed E-state index contributed by atoms with van der Waals surface area (Å²) in [6.45, 7) is 4.65. The first-order valence-corrected chi connectivity index (χ1v) is 46.9. The Hall–Kier alpha value is 1.21. The zero-order valence-electron chi connectivity index (χ0n) is 35.7. The molecule has 0 fully saturated rings. The van der Waals surface area contributed by atoms with Gasteiger partial charge in [-0.1, -0.05) is 104 Å². The van der Waals surface area contributed by atoms with E-state index in [4.69, 9.17) is 0 Å². The summed E-state index contributed by atoms with van der Waals surface area (Å²) < 4.78 is 3.71. The van der Waals surface area contributed by atoms with Crippen molar-refractivity contribution in [3.8, 4) is 9.75 Å². The van der Waals surface area contributed by atoms with Crippen LogP contribution < -0.4 is 16.2 Å². The van der Waals surface area contributed by atoms with E-state index in [9.17, 15) is 0 Å². The van der Waals surface area contributed by atoms with Crippen LogP contribution in [-0.4, -0.2) is 44.8 Å². The van der Waals surface area contributed by atoms with Crippen molar-refractivity contribution in [3.05, 3.63) is 12.1 Å². The fraction of sp³-hybridized carbons (Fsp3) is 0.826. The maximum absolute atomic E-state index is 2.86. The minimum atomic E-state index is -2.14. The van der Waals surface area contributed by atoms with E-state index in [0.717, 1.165) is 0 Å². The van der Waals surface area contributed by atoms with E-state index in [2.05, 4.69) is 78.3 Å². The van der Waals surface area contributed by atoms with Crippen LogP contribution in [0.4, 0.5) is 0 Å². The van der Waals surface area contributed by atoms with Gasteiger partial charge in [-0.05, 0) is 0 Å². The average molecular weight is 969 g/mol. The predicted octanol–water partition coefficient (Wildman–Crippen LogP) is 15.4. The van der Waals surface area contributed by atoms with Crippen LogP contribution in [0.2, 0.25) is 41.7 Å². The fourth-order valence-corrected chi connectivity index (χ4v) is 29.3. The van der Waals surface area contributed by atoms with Gasteiger partial charge in [-0.2, -0.15) is 0 Å². The summed E-state index contributed by atoms with van der Waals surface area (Å²) in [7, 11) is -1.71. The number of rotatable bonds is 32. The molecule has 2 aromatic rings. The monoisotopic (exact) mass is 970 g/mol. The fourth-order valence-electron chi connectivity index (χ4n) is 8.62. The van der Waals surface area contributed by atoms with Crippen LogP contribution in [0.5, 0.6) is 0 Å². The van der Waals surface area contributed by atoms with E-state index >= 15 is 0 Å². The van der Waals surface area contributed by atoms with Gasteiger partial charge in [-0.15, -0.1) is 0 Å². The molecule has 0 bridgehead atoms. The average Bonchev–Trinajstić information content (AvgIpc) is 3.78. The molecule has 51 heavy (non-hydrogen) atoms. The Kier molecular flexibility index (Phi) is 23.3. The summed E-state index contributed by atoms with van der Waals surface area (Å²) >= 11 is 0.295. The van der Waals surface area contributed by atoms with E-state index in [0.29, 0.717) is 0 Å². The van der Waals surface area contributed by atoms with Crippen LogP contribution in [0.1, 0.15) is 194 Å². The molecule has 0 aromatic carbocycles. The van der Waals surface area contributed by atoms with Gasteiger partial charge in [0.05, 0.1) is 0 Å². The quantitative estimate of drug-likeness (QED) is 0.0506. The Labute approximate surface area is 337 Å². The first kappa shape index (κ1) is 46.6. The second-order valence-electron chi connectivity index (χ2n) is 19.0. The van der Waals surface area contributed by atoms with Crippen molar-refractivity contribution < 1.29 is 0 Å². The topological polar surface area (TPSA) is 0 Å². The minimum absolute atomic E-state index is 1.37. The van der Waals surface area contributed by atoms with Gasteiger partial charge in [0, 0.05) is 0 Å². The standard InChI is InChI=1S/C40H68S2Si.6CH3.2Sn/c1-3-5-7-9-11-13-15-17-19-21-23-25-27-29-35-43(37-31-33-41-39(37)40-38(43)32-34-42-40)36-30-28-26-24-22-20-18-16-14-12-10-8-6-4-2;;;;;;;;/h31-32H,3-30,35-36H2,1-2H3;6*1H3;;. The Morgan fingerprint density at radius 3 is 0.843 bits per heavy atom. The van der Waals surface area contributed by atoms with Crippen LogP contribution in [0.25, 0.3) is 9.75 Å². The molecule has 294 valence electrons. The molecule has 0 unspecified atom stereocenters. The predicted molar refractivity (Wildman–Crippen MR) is 249 cm³/mol. The molecule has 2 aromatic heterocycles. The molecule has 3 rings (SSSR count). The van der Waals surface area contributed by atoms with Crippen LogP contribution in [-0.2, 0) is 0 Å². The Morgan fingerprint density at radius 1 is 0.373 bits per heavy atom. The molecule has 0 aliphatic carbocycles. The van der Waals surface area contributed by atoms with Crippen molar-refractivity contribution >= 4 is 83.7 Å². The van der Waals surface area contributed by atoms with Crippen molar-refractivity contribution in [2.75, 3.05) is 0 Å². The van der Waals surface area contributed by atoms with E-state index in [1.807, 2.05) is 16.2 Å². The van der Waals surface area contributed by atoms with E-state index in [1.165, 1.54) is 192 Å². The van der Waals surface area contributed by atoms with Crippen LogP contribution in [0.3, 0.4) is 0 Å². The summed E-state index contributed by atoms with van der Waals surface area (Å²) in [6.07, 6.45) is 41.0. The Bertz CT molecular complexity index is 1090. The number of hydrogen-bond acceptors (Lipinski definition) is 2. The van der Waals surface area contributed by atoms with Crippen LogP contribution in [0.15, 0.2) is 12.1 Å². The van der Waals surface area contributed by atoms with Crippen LogP contribution in [0, 0.1) is 0 Å². The molecule has 0 atom stereocenters. The SMILES string of the molecule is CCCCCCCCCCCCCCCC[Si]1(CCCCCCCCCCCCCCCC)c2c[c]([Sn]([CH3])([CH3])[CH3])sc2-c2s[c]([Sn]([CH3])([CH3])[CH3])cc21. The Balaban J connectivity index is 1.54. The van der Waals surface area contributed by atoms with Crippen LogP contribution >= 0.6 is 22.7 Å². The van der Waals surface area contributed by atoms with Crippen molar-refractivity contribution in [2.45, 2.75) is 235 Å². The van der Waals surface area contributed by atoms with Gasteiger partial charge in [-0.3, -0.25) is 0 Å². The summed E-state index contributed by atoms with van der Waals surface area (Å²) in [4.78, 5) is 19.5. The van der Waals surface area contributed by atoms with Gasteiger partial charge < -0.3 is 0 Å². The third-order valence-corrected chi connectivity index (χ3v) is 39.0. The van der Waals surface area contributed by atoms with Crippen molar-refractivity contribution in [2.24, 2.45) is 0 Å². The summed E-state index contributed by atoms with van der Waals surface area (Å²) in [5.41, 5.74) is 0. The summed E-state index contributed by atoms with van der Waals surface area (Å²) in [5, 5.41) is 3.88. The van der Waals surface area contributed by atoms with Crippen molar-refractivity contribution in [1.82, 2.24) is 0 Å². The molecule has 1 aliphatic rings. The normalized spacial score (nSPS) is 14.0. The maximum atomic E-state index is 2.86. The molecule has 0 nitrogen and oxygen atoms in total. The van der Waals surface area contributed by atoms with Gasteiger partial charge >= 0.3 is 237 Å². The molecular formula is C46H86S2SiSn2. The Morgan fingerprint density at radius 2 is 0.608 bits per heavy atom.